The van der Waals surface area contributed by atoms with Gasteiger partial charge in [-0.2, -0.15) is 9.36 Å². The number of hydrogen-bond acceptors (Lipinski definition) is 8. The van der Waals surface area contributed by atoms with Crippen molar-refractivity contribution in [2.75, 3.05) is 43.4 Å². The molecule has 3 N–H and O–H groups in total. The van der Waals surface area contributed by atoms with Gasteiger partial charge >= 0.3 is 0 Å². The Balaban J connectivity index is 1.46. The van der Waals surface area contributed by atoms with Crippen molar-refractivity contribution in [2.24, 2.45) is 0 Å². The first-order chi connectivity index (χ1) is 11.6. The van der Waals surface area contributed by atoms with Crippen molar-refractivity contribution in [1.29, 1.82) is 0 Å². The van der Waals surface area contributed by atoms with Crippen LogP contribution in [0.1, 0.15) is 10.4 Å². The van der Waals surface area contributed by atoms with Gasteiger partial charge < -0.3 is 20.9 Å². The Hall–Kier alpha value is -2.75. The van der Waals surface area contributed by atoms with Crippen LogP contribution in [0.5, 0.6) is 0 Å². The molecule has 1 saturated heterocycles. The zero-order chi connectivity index (χ0) is 16.9. The highest BCUT2D eigenvalue weighted by Crippen LogP contribution is 2.19. The van der Waals surface area contributed by atoms with Gasteiger partial charge in [0.05, 0.1) is 12.1 Å². The van der Waals surface area contributed by atoms with Gasteiger partial charge in [0.15, 0.2) is 0 Å². The normalized spacial score (nSPS) is 14.5. The summed E-state index contributed by atoms with van der Waals surface area (Å²) in [7, 11) is 0. The van der Waals surface area contributed by atoms with E-state index in [0.29, 0.717) is 31.7 Å². The summed E-state index contributed by atoms with van der Waals surface area (Å²) >= 11 is 1.25. The van der Waals surface area contributed by atoms with Crippen molar-refractivity contribution in [2.45, 2.75) is 0 Å². The van der Waals surface area contributed by atoms with Gasteiger partial charge in [0.2, 0.25) is 17.0 Å². The van der Waals surface area contributed by atoms with E-state index in [1.165, 1.54) is 17.7 Å². The third-order valence-electron chi connectivity index (χ3n) is 3.66. The Morgan fingerprint density at radius 2 is 2.08 bits per heavy atom. The van der Waals surface area contributed by atoms with E-state index in [2.05, 4.69) is 19.7 Å². The molecule has 2 aromatic heterocycles. The highest BCUT2D eigenvalue weighted by molar-refractivity contribution is 7.09. The largest absolute Gasteiger partial charge is 0.367 e. The maximum absolute atomic E-state index is 12.2. The molecule has 0 atom stereocenters. The molecule has 0 aliphatic carbocycles. The Labute approximate surface area is 142 Å². The molecule has 0 radical (unpaired) electrons. The van der Waals surface area contributed by atoms with Crippen LogP contribution >= 0.6 is 11.5 Å². The molecule has 9 nitrogen and oxygen atoms in total. The van der Waals surface area contributed by atoms with Crippen molar-refractivity contribution in [3.05, 3.63) is 30.1 Å². The van der Waals surface area contributed by atoms with Crippen LogP contribution in [0.2, 0.25) is 0 Å². The molecule has 10 heteroatoms. The molecule has 0 saturated carbocycles. The molecule has 0 unspecified atom stereocenters. The van der Waals surface area contributed by atoms with Crippen molar-refractivity contribution in [3.63, 3.8) is 0 Å². The van der Waals surface area contributed by atoms with Gasteiger partial charge in [-0.05, 0) is 12.1 Å². The van der Waals surface area contributed by atoms with E-state index in [9.17, 15) is 9.59 Å². The van der Waals surface area contributed by atoms with Gasteiger partial charge in [-0.25, -0.2) is 0 Å². The molecule has 1 fully saturated rings. The number of amides is 2. The average Bonchev–Trinajstić information content (AvgIpc) is 3.06. The molecule has 126 valence electrons. The lowest BCUT2D eigenvalue weighted by Crippen LogP contribution is -2.51. The molecule has 2 aromatic rings. The lowest BCUT2D eigenvalue weighted by molar-refractivity contribution is -0.130. The van der Waals surface area contributed by atoms with Crippen molar-refractivity contribution in [1.82, 2.24) is 24.6 Å². The molecule has 3 rings (SSSR count). The lowest BCUT2D eigenvalue weighted by atomic mass is 10.2. The number of nitrogens with zero attached hydrogens (tertiary/aromatic N) is 5. The number of nitrogen functional groups attached to an aromatic ring is 1. The molecule has 1 aliphatic heterocycles. The summed E-state index contributed by atoms with van der Waals surface area (Å²) in [4.78, 5) is 35.9. The summed E-state index contributed by atoms with van der Waals surface area (Å²) < 4.78 is 3.96. The molecule has 0 aromatic carbocycles. The number of carbonyl (C=O) groups excluding carboxylic acids is 2. The quantitative estimate of drug-likeness (QED) is 0.772. The summed E-state index contributed by atoms with van der Waals surface area (Å²) in [5.74, 6) is -0.144. The van der Waals surface area contributed by atoms with Crippen LogP contribution in [0, 0.1) is 0 Å². The third-order valence-corrected chi connectivity index (χ3v) is 4.45. The minimum atomic E-state index is -0.306. The predicted octanol–water partition coefficient (Wildman–Crippen LogP) is -0.406. The molecular formula is C14H17N7O2S. The van der Waals surface area contributed by atoms with E-state index < -0.39 is 0 Å². The zero-order valence-corrected chi connectivity index (χ0v) is 13.7. The summed E-state index contributed by atoms with van der Waals surface area (Å²) in [6, 6.07) is 3.33. The van der Waals surface area contributed by atoms with E-state index in [-0.39, 0.29) is 24.3 Å². The summed E-state index contributed by atoms with van der Waals surface area (Å²) in [5.41, 5.74) is 5.96. The van der Waals surface area contributed by atoms with Crippen molar-refractivity contribution in [3.8, 4) is 0 Å². The summed E-state index contributed by atoms with van der Waals surface area (Å²) in [6.07, 6.45) is 3.05. The van der Waals surface area contributed by atoms with Crippen LogP contribution in [0.25, 0.3) is 0 Å². The maximum atomic E-state index is 12.2. The van der Waals surface area contributed by atoms with E-state index in [1.807, 2.05) is 4.90 Å². The fourth-order valence-corrected chi connectivity index (χ4v) is 3.02. The summed E-state index contributed by atoms with van der Waals surface area (Å²) in [6.45, 7) is 2.44. The van der Waals surface area contributed by atoms with Crippen LogP contribution in [-0.4, -0.2) is 63.8 Å². The first-order valence-electron chi connectivity index (χ1n) is 7.43. The number of nitrogens with one attached hydrogen (secondary N) is 1. The van der Waals surface area contributed by atoms with Crippen LogP contribution in [-0.2, 0) is 4.79 Å². The number of carbonyl (C=O) groups is 2. The van der Waals surface area contributed by atoms with Crippen molar-refractivity contribution < 1.29 is 9.59 Å². The molecule has 1 aliphatic rings. The highest BCUT2D eigenvalue weighted by Gasteiger charge is 2.23. The first-order valence-corrected chi connectivity index (χ1v) is 8.21. The minimum absolute atomic E-state index is 0.0283. The topological polar surface area (TPSA) is 117 Å². The zero-order valence-electron chi connectivity index (χ0n) is 12.9. The van der Waals surface area contributed by atoms with E-state index >= 15 is 0 Å². The number of pyridine rings is 1. The van der Waals surface area contributed by atoms with Gasteiger partial charge in [-0.3, -0.25) is 14.6 Å². The number of rotatable bonds is 4. The van der Waals surface area contributed by atoms with E-state index in [0.717, 1.165) is 5.13 Å². The van der Waals surface area contributed by atoms with Crippen LogP contribution in [0.15, 0.2) is 24.5 Å². The van der Waals surface area contributed by atoms with Crippen LogP contribution < -0.4 is 16.0 Å². The second-order valence-electron chi connectivity index (χ2n) is 5.23. The minimum Gasteiger partial charge on any atom is -0.367 e. The highest BCUT2D eigenvalue weighted by atomic mass is 32.1. The van der Waals surface area contributed by atoms with Gasteiger partial charge in [-0.1, -0.05) is 0 Å². The average molecular weight is 347 g/mol. The number of nitrogens with two attached hydrogens (primary N) is 1. The van der Waals surface area contributed by atoms with Crippen LogP contribution in [0.3, 0.4) is 0 Å². The maximum Gasteiger partial charge on any atom is 0.253 e. The molecular weight excluding hydrogens is 330 g/mol. The second kappa shape index (κ2) is 7.21. The Bertz CT molecular complexity index is 713. The number of piperazine rings is 1. The molecule has 24 heavy (non-hydrogen) atoms. The van der Waals surface area contributed by atoms with Crippen molar-refractivity contribution >= 4 is 34.4 Å². The van der Waals surface area contributed by atoms with Gasteiger partial charge in [0.25, 0.3) is 5.91 Å². The van der Waals surface area contributed by atoms with Gasteiger partial charge in [0, 0.05) is 50.1 Å². The fourth-order valence-electron chi connectivity index (χ4n) is 2.37. The van der Waals surface area contributed by atoms with E-state index in [1.54, 1.807) is 23.2 Å². The molecule has 0 bridgehead atoms. The summed E-state index contributed by atoms with van der Waals surface area (Å²) in [5, 5.41) is 3.39. The number of aromatic nitrogens is 3. The fraction of sp³-hybridized carbons (Fsp3) is 0.357. The smallest absolute Gasteiger partial charge is 0.253 e. The number of anilines is 2. The van der Waals surface area contributed by atoms with Crippen LogP contribution in [0.4, 0.5) is 11.1 Å². The Kier molecular flexibility index (Phi) is 4.85. The van der Waals surface area contributed by atoms with E-state index in [4.69, 9.17) is 5.73 Å². The Morgan fingerprint density at radius 3 is 2.71 bits per heavy atom. The monoisotopic (exact) mass is 347 g/mol. The Morgan fingerprint density at radius 1 is 1.29 bits per heavy atom. The SMILES string of the molecule is Nc1nsc(N2CCN(C(=O)CNC(=O)c3cccnc3)CC2)n1. The molecule has 0 spiro atoms. The predicted molar refractivity (Wildman–Crippen MR) is 89.7 cm³/mol. The standard InChI is InChI=1S/C14H17N7O2S/c15-13-18-14(24-19-13)21-6-4-20(5-7-21)11(22)9-17-12(23)10-2-1-3-16-8-10/h1-3,8H,4-7,9H2,(H2,15,19)(H,17,23). The second-order valence-corrected chi connectivity index (χ2v) is 5.96. The first kappa shape index (κ1) is 16.1. The molecule has 2 amide bonds. The third kappa shape index (κ3) is 3.77. The van der Waals surface area contributed by atoms with Gasteiger partial charge in [0.1, 0.15) is 0 Å². The molecule has 3 heterocycles. The van der Waals surface area contributed by atoms with Gasteiger partial charge in [-0.15, -0.1) is 0 Å². The lowest BCUT2D eigenvalue weighted by Gasteiger charge is -2.34. The number of hydrogen-bond donors (Lipinski definition) is 2.